The molecule has 0 bridgehead atoms. The van der Waals surface area contributed by atoms with Gasteiger partial charge in [-0.05, 0) is 31.7 Å². The van der Waals surface area contributed by atoms with Gasteiger partial charge in [0.15, 0.2) is 11.5 Å². The smallest absolute Gasteiger partial charge is 0.257 e. The van der Waals surface area contributed by atoms with Crippen molar-refractivity contribution in [1.82, 2.24) is 19.8 Å². The van der Waals surface area contributed by atoms with Gasteiger partial charge in [0.05, 0.1) is 12.1 Å². The third-order valence-electron chi connectivity index (χ3n) is 4.82. The first-order valence-corrected chi connectivity index (χ1v) is 8.57. The fourth-order valence-corrected chi connectivity index (χ4v) is 3.40. The summed E-state index contributed by atoms with van der Waals surface area (Å²) in [6.45, 7) is 2.11. The Balaban J connectivity index is 1.42. The molecule has 1 unspecified atom stereocenters. The van der Waals surface area contributed by atoms with Crippen LogP contribution in [0.2, 0.25) is 0 Å². The van der Waals surface area contributed by atoms with Gasteiger partial charge in [-0.2, -0.15) is 0 Å². The van der Waals surface area contributed by atoms with E-state index in [0.29, 0.717) is 48.3 Å². The van der Waals surface area contributed by atoms with Crippen LogP contribution in [0, 0.1) is 0 Å². The van der Waals surface area contributed by atoms with E-state index in [4.69, 9.17) is 15.2 Å². The second-order valence-electron chi connectivity index (χ2n) is 6.55. The zero-order chi connectivity index (χ0) is 18.1. The van der Waals surface area contributed by atoms with Gasteiger partial charge >= 0.3 is 0 Å². The average Bonchev–Trinajstić information content (AvgIpc) is 3.30. The molecule has 2 N–H and O–H groups in total. The molecule has 2 aromatic rings. The molecule has 26 heavy (non-hydrogen) atoms. The molecular weight excluding hydrogens is 334 g/mol. The number of ether oxygens (including phenoxy) is 2. The first kappa shape index (κ1) is 16.6. The zero-order valence-electron chi connectivity index (χ0n) is 14.6. The molecule has 0 saturated carbocycles. The molecule has 4 rings (SSSR count). The lowest BCUT2D eigenvalue weighted by Crippen LogP contribution is -2.36. The summed E-state index contributed by atoms with van der Waals surface area (Å²) in [7, 11) is 2.02. The van der Waals surface area contributed by atoms with Crippen LogP contribution < -0.4 is 15.2 Å². The number of nitrogens with zero attached hydrogens (tertiary/aromatic N) is 4. The largest absolute Gasteiger partial charge is 0.454 e. The van der Waals surface area contributed by atoms with Crippen molar-refractivity contribution in [3.05, 3.63) is 41.9 Å². The first-order valence-electron chi connectivity index (χ1n) is 8.57. The summed E-state index contributed by atoms with van der Waals surface area (Å²) >= 11 is 0. The third-order valence-corrected chi connectivity index (χ3v) is 4.82. The molecule has 1 fully saturated rings. The van der Waals surface area contributed by atoms with Crippen LogP contribution in [0.3, 0.4) is 0 Å². The van der Waals surface area contributed by atoms with E-state index in [0.717, 1.165) is 6.42 Å². The average molecular weight is 355 g/mol. The van der Waals surface area contributed by atoms with Crippen LogP contribution in [0.4, 0.5) is 5.82 Å². The zero-order valence-corrected chi connectivity index (χ0v) is 14.6. The van der Waals surface area contributed by atoms with E-state index >= 15 is 0 Å². The fourth-order valence-electron chi connectivity index (χ4n) is 3.40. The highest BCUT2D eigenvalue weighted by Gasteiger charge is 2.32. The Kier molecular flexibility index (Phi) is 4.34. The summed E-state index contributed by atoms with van der Waals surface area (Å²) < 4.78 is 10.8. The van der Waals surface area contributed by atoms with Crippen molar-refractivity contribution >= 4 is 11.7 Å². The van der Waals surface area contributed by atoms with Crippen LogP contribution in [-0.2, 0) is 6.54 Å². The minimum Gasteiger partial charge on any atom is -0.454 e. The van der Waals surface area contributed by atoms with Gasteiger partial charge in [0.25, 0.3) is 5.91 Å². The van der Waals surface area contributed by atoms with Crippen LogP contribution in [0.5, 0.6) is 11.5 Å². The van der Waals surface area contributed by atoms with E-state index in [1.165, 1.54) is 0 Å². The van der Waals surface area contributed by atoms with E-state index in [1.807, 2.05) is 24.1 Å². The second-order valence-corrected chi connectivity index (χ2v) is 6.55. The number of rotatable bonds is 4. The number of anilines is 1. The summed E-state index contributed by atoms with van der Waals surface area (Å²) in [5.41, 5.74) is 6.27. The number of carbonyl (C=O) groups is 1. The maximum absolute atomic E-state index is 12.9. The molecule has 8 heteroatoms. The molecular formula is C18H21N5O3. The lowest BCUT2D eigenvalue weighted by molar-refractivity contribution is 0.0774. The fraction of sp³-hybridized carbons (Fsp3) is 0.389. The van der Waals surface area contributed by atoms with Gasteiger partial charge < -0.3 is 20.1 Å². The number of aromatic nitrogens is 2. The number of nitrogens with two attached hydrogens (primary N) is 1. The summed E-state index contributed by atoms with van der Waals surface area (Å²) in [6, 6.07) is 7.33. The van der Waals surface area contributed by atoms with E-state index in [1.54, 1.807) is 18.3 Å². The molecule has 8 nitrogen and oxygen atoms in total. The highest BCUT2D eigenvalue weighted by Crippen LogP contribution is 2.36. The maximum atomic E-state index is 12.9. The molecule has 1 amide bonds. The van der Waals surface area contributed by atoms with E-state index in [9.17, 15) is 4.79 Å². The van der Waals surface area contributed by atoms with Crippen LogP contribution in [0.25, 0.3) is 0 Å². The second kappa shape index (κ2) is 6.80. The Morgan fingerprint density at radius 2 is 2.27 bits per heavy atom. The molecule has 0 aliphatic carbocycles. The number of likely N-dealkylation sites (tertiary alicyclic amines) is 1. The number of nitrogen functional groups attached to an aromatic ring is 1. The van der Waals surface area contributed by atoms with Gasteiger partial charge in [-0.3, -0.25) is 9.69 Å². The van der Waals surface area contributed by atoms with Crippen LogP contribution in [-0.4, -0.2) is 58.6 Å². The van der Waals surface area contributed by atoms with Gasteiger partial charge in [-0.1, -0.05) is 6.07 Å². The van der Waals surface area contributed by atoms with Crippen molar-refractivity contribution in [1.29, 1.82) is 0 Å². The van der Waals surface area contributed by atoms with Crippen LogP contribution >= 0.6 is 0 Å². The van der Waals surface area contributed by atoms with Crippen molar-refractivity contribution in [3.63, 3.8) is 0 Å². The Bertz CT molecular complexity index is 828. The molecule has 1 aromatic carbocycles. The minimum atomic E-state index is -0.0246. The van der Waals surface area contributed by atoms with E-state index < -0.39 is 0 Å². The molecule has 2 aliphatic rings. The van der Waals surface area contributed by atoms with E-state index in [-0.39, 0.29) is 18.7 Å². The number of likely N-dealkylation sites (N-methyl/N-ethyl adjacent to an activating group) is 1. The monoisotopic (exact) mass is 355 g/mol. The first-order chi connectivity index (χ1) is 12.6. The van der Waals surface area contributed by atoms with E-state index in [2.05, 4.69) is 14.9 Å². The van der Waals surface area contributed by atoms with Crippen LogP contribution in [0.15, 0.2) is 30.5 Å². The highest BCUT2D eigenvalue weighted by molar-refractivity contribution is 5.98. The molecule has 3 heterocycles. The number of carbonyl (C=O) groups excluding carboxylic acids is 1. The molecule has 0 radical (unpaired) electrons. The van der Waals surface area contributed by atoms with Crippen LogP contribution in [0.1, 0.15) is 22.6 Å². The normalized spacial score (nSPS) is 18.5. The summed E-state index contributed by atoms with van der Waals surface area (Å²) in [5, 5.41) is 0. The lowest BCUT2D eigenvalue weighted by Gasteiger charge is -2.24. The molecule has 1 saturated heterocycles. The molecule has 0 spiro atoms. The van der Waals surface area contributed by atoms with Gasteiger partial charge in [0, 0.05) is 25.3 Å². The Hall–Kier alpha value is -2.87. The van der Waals surface area contributed by atoms with Crippen molar-refractivity contribution in [2.75, 3.05) is 32.7 Å². The number of fused-ring (bicyclic) bond motifs is 1. The third kappa shape index (κ3) is 3.15. The van der Waals surface area contributed by atoms with Gasteiger partial charge in [-0.15, -0.1) is 0 Å². The summed E-state index contributed by atoms with van der Waals surface area (Å²) in [4.78, 5) is 25.4. The SMILES string of the molecule is CN(Cc1nccc(N)n1)C1CCN(C(=O)c2cccc3c2OCO3)C1. The van der Waals surface area contributed by atoms with Crippen molar-refractivity contribution in [2.45, 2.75) is 19.0 Å². The molecule has 1 aromatic heterocycles. The topological polar surface area (TPSA) is 93.8 Å². The highest BCUT2D eigenvalue weighted by atomic mass is 16.7. The maximum Gasteiger partial charge on any atom is 0.257 e. The number of para-hydroxylation sites is 1. The number of hydrogen-bond donors (Lipinski definition) is 1. The lowest BCUT2D eigenvalue weighted by atomic mass is 10.1. The Labute approximate surface area is 151 Å². The summed E-state index contributed by atoms with van der Waals surface area (Å²) in [5.74, 6) is 2.30. The number of hydrogen-bond acceptors (Lipinski definition) is 7. The van der Waals surface area contributed by atoms with Crippen molar-refractivity contribution < 1.29 is 14.3 Å². The molecule has 136 valence electrons. The quantitative estimate of drug-likeness (QED) is 0.879. The summed E-state index contributed by atoms with van der Waals surface area (Å²) in [6.07, 6.45) is 2.56. The number of benzene rings is 1. The van der Waals surface area contributed by atoms with Gasteiger partial charge in [-0.25, -0.2) is 9.97 Å². The molecule has 1 atom stereocenters. The Morgan fingerprint density at radius 1 is 1.38 bits per heavy atom. The van der Waals surface area contributed by atoms with Crippen molar-refractivity contribution in [3.8, 4) is 11.5 Å². The minimum absolute atomic E-state index is 0.0246. The molecule has 2 aliphatic heterocycles. The standard InChI is InChI=1S/C18H21N5O3/c1-22(10-16-20-7-5-15(19)21-16)12-6-8-23(9-12)18(24)13-3-2-4-14-17(13)26-11-25-14/h2-5,7,12H,6,8-11H2,1H3,(H2,19,20,21). The Morgan fingerprint density at radius 3 is 3.12 bits per heavy atom. The van der Waals surface area contributed by atoms with Gasteiger partial charge in [0.2, 0.25) is 6.79 Å². The van der Waals surface area contributed by atoms with Gasteiger partial charge in [0.1, 0.15) is 11.6 Å². The predicted molar refractivity (Wildman–Crippen MR) is 94.8 cm³/mol. The number of amides is 1. The predicted octanol–water partition coefficient (Wildman–Crippen LogP) is 1.13. The van der Waals surface area contributed by atoms with Crippen molar-refractivity contribution in [2.24, 2.45) is 0 Å².